The number of furan rings is 1. The third kappa shape index (κ3) is 4.74. The number of nitrogens with zero attached hydrogens (tertiary/aromatic N) is 2. The highest BCUT2D eigenvalue weighted by Gasteiger charge is 2.25. The molecule has 1 aromatic carbocycles. The molecule has 1 saturated heterocycles. The van der Waals surface area contributed by atoms with Crippen molar-refractivity contribution >= 4 is 5.91 Å². The van der Waals surface area contributed by atoms with Gasteiger partial charge in [-0.2, -0.15) is 0 Å². The molecule has 1 aromatic heterocycles. The van der Waals surface area contributed by atoms with Crippen LogP contribution in [-0.4, -0.2) is 55.5 Å². The minimum absolute atomic E-state index is 0.123. The van der Waals surface area contributed by atoms with E-state index < -0.39 is 0 Å². The van der Waals surface area contributed by atoms with Crippen LogP contribution in [0.5, 0.6) is 0 Å². The summed E-state index contributed by atoms with van der Waals surface area (Å²) < 4.78 is 5.50. The van der Waals surface area contributed by atoms with Crippen LogP contribution >= 0.6 is 0 Å². The van der Waals surface area contributed by atoms with Gasteiger partial charge in [0.1, 0.15) is 5.76 Å². The van der Waals surface area contributed by atoms with Crippen LogP contribution in [0.4, 0.5) is 0 Å². The second-order valence-electron chi connectivity index (χ2n) is 6.95. The number of amides is 1. The largest absolute Gasteiger partial charge is 0.456 e. The minimum Gasteiger partial charge on any atom is -0.456 e. The Bertz CT molecular complexity index is 698. The van der Waals surface area contributed by atoms with Crippen molar-refractivity contribution in [3.63, 3.8) is 0 Å². The highest BCUT2D eigenvalue weighted by atomic mass is 16.3. The second-order valence-corrected chi connectivity index (χ2v) is 6.95. The molecule has 3 rings (SSSR count). The van der Waals surface area contributed by atoms with Crippen molar-refractivity contribution in [1.29, 1.82) is 0 Å². The van der Waals surface area contributed by atoms with Gasteiger partial charge in [0, 0.05) is 45.2 Å². The zero-order valence-electron chi connectivity index (χ0n) is 15.8. The zero-order valence-corrected chi connectivity index (χ0v) is 15.8. The van der Waals surface area contributed by atoms with Crippen molar-refractivity contribution in [3.05, 3.63) is 59.5 Å². The minimum atomic E-state index is -0.123. The number of likely N-dealkylation sites (N-methyl/N-ethyl adjacent to an activating group) is 1. The predicted octanol–water partition coefficient (Wildman–Crippen LogP) is 2.95. The van der Waals surface area contributed by atoms with E-state index in [2.05, 4.69) is 52.5 Å². The van der Waals surface area contributed by atoms with Crippen LogP contribution in [0.3, 0.4) is 0 Å². The molecule has 0 unspecified atom stereocenters. The molecular formula is C21H29N3O2. The lowest BCUT2D eigenvalue weighted by molar-refractivity contribution is 0.0857. The molecule has 0 saturated carbocycles. The van der Waals surface area contributed by atoms with Crippen LogP contribution in [0, 0.1) is 0 Å². The van der Waals surface area contributed by atoms with Crippen LogP contribution in [0.15, 0.2) is 46.9 Å². The van der Waals surface area contributed by atoms with Crippen molar-refractivity contribution in [1.82, 2.24) is 15.1 Å². The van der Waals surface area contributed by atoms with Crippen LogP contribution < -0.4 is 5.32 Å². The summed E-state index contributed by atoms with van der Waals surface area (Å²) in [6.45, 7) is 6.84. The van der Waals surface area contributed by atoms with E-state index in [4.69, 9.17) is 4.42 Å². The van der Waals surface area contributed by atoms with Gasteiger partial charge in [-0.05, 0) is 31.2 Å². The summed E-state index contributed by atoms with van der Waals surface area (Å²) in [4.78, 5) is 17.0. The first kappa shape index (κ1) is 18.7. The summed E-state index contributed by atoms with van der Waals surface area (Å²) in [5.74, 6) is 1.13. The predicted molar refractivity (Wildman–Crippen MR) is 103 cm³/mol. The Balaban J connectivity index is 1.49. The zero-order chi connectivity index (χ0) is 18.4. The normalized spacial score (nSPS) is 18.8. The number of aryl methyl sites for hydroxylation is 1. The summed E-state index contributed by atoms with van der Waals surface area (Å²) >= 11 is 0. The van der Waals surface area contributed by atoms with Crippen molar-refractivity contribution < 1.29 is 9.21 Å². The van der Waals surface area contributed by atoms with E-state index in [9.17, 15) is 4.79 Å². The van der Waals surface area contributed by atoms with Gasteiger partial charge in [-0.15, -0.1) is 0 Å². The average molecular weight is 355 g/mol. The quantitative estimate of drug-likeness (QED) is 0.776. The molecule has 5 nitrogen and oxygen atoms in total. The van der Waals surface area contributed by atoms with E-state index in [0.717, 1.165) is 44.8 Å². The van der Waals surface area contributed by atoms with E-state index in [1.165, 1.54) is 5.56 Å². The van der Waals surface area contributed by atoms with Crippen molar-refractivity contribution in [2.75, 3.05) is 39.8 Å². The number of benzene rings is 1. The Morgan fingerprint density at radius 2 is 2.00 bits per heavy atom. The van der Waals surface area contributed by atoms with Crippen LogP contribution in [0.25, 0.3) is 0 Å². The van der Waals surface area contributed by atoms with Gasteiger partial charge in [-0.1, -0.05) is 37.3 Å². The Kier molecular flexibility index (Phi) is 6.47. The maximum Gasteiger partial charge on any atom is 0.286 e. The molecule has 1 atom stereocenters. The van der Waals surface area contributed by atoms with Crippen LogP contribution in [0.2, 0.25) is 0 Å². The number of carbonyl (C=O) groups is 1. The monoisotopic (exact) mass is 355 g/mol. The molecule has 140 valence electrons. The van der Waals surface area contributed by atoms with Gasteiger partial charge in [-0.3, -0.25) is 9.69 Å². The Morgan fingerprint density at radius 3 is 2.73 bits per heavy atom. The van der Waals surface area contributed by atoms with Crippen LogP contribution in [-0.2, 0) is 6.42 Å². The molecule has 1 amide bonds. The number of hydrogen-bond acceptors (Lipinski definition) is 4. The van der Waals surface area contributed by atoms with E-state index in [0.29, 0.717) is 18.3 Å². The van der Waals surface area contributed by atoms with E-state index in [1.807, 2.05) is 13.0 Å². The Labute approximate surface area is 156 Å². The third-order valence-corrected chi connectivity index (χ3v) is 5.02. The first-order valence-corrected chi connectivity index (χ1v) is 9.52. The molecule has 1 aliphatic heterocycles. The first-order valence-electron chi connectivity index (χ1n) is 9.52. The topological polar surface area (TPSA) is 48.7 Å². The van der Waals surface area contributed by atoms with Crippen molar-refractivity contribution in [3.8, 4) is 0 Å². The van der Waals surface area contributed by atoms with Gasteiger partial charge < -0.3 is 14.6 Å². The summed E-state index contributed by atoms with van der Waals surface area (Å²) in [6.07, 6.45) is 1.73. The highest BCUT2D eigenvalue weighted by molar-refractivity contribution is 5.91. The second kappa shape index (κ2) is 9.01. The molecule has 2 heterocycles. The number of piperazine rings is 1. The maximum atomic E-state index is 12.1. The fourth-order valence-corrected chi connectivity index (χ4v) is 3.48. The summed E-state index contributed by atoms with van der Waals surface area (Å²) in [6, 6.07) is 14.7. The molecule has 1 fully saturated rings. The number of hydrogen-bond donors (Lipinski definition) is 1. The van der Waals surface area contributed by atoms with Gasteiger partial charge in [0.15, 0.2) is 5.76 Å². The van der Waals surface area contributed by atoms with Gasteiger partial charge in [0.25, 0.3) is 5.91 Å². The lowest BCUT2D eigenvalue weighted by Gasteiger charge is -2.40. The molecule has 1 N–H and O–H groups in total. The molecule has 0 bridgehead atoms. The first-order chi connectivity index (χ1) is 12.7. The number of nitrogens with one attached hydrogen (secondary N) is 1. The summed E-state index contributed by atoms with van der Waals surface area (Å²) in [5, 5.41) is 2.97. The molecule has 26 heavy (non-hydrogen) atoms. The Morgan fingerprint density at radius 1 is 1.19 bits per heavy atom. The van der Waals surface area contributed by atoms with Crippen molar-refractivity contribution in [2.45, 2.75) is 25.8 Å². The fraction of sp³-hybridized carbons (Fsp3) is 0.476. The molecule has 0 spiro atoms. The average Bonchev–Trinajstić information content (AvgIpc) is 3.16. The van der Waals surface area contributed by atoms with Gasteiger partial charge >= 0.3 is 0 Å². The van der Waals surface area contributed by atoms with E-state index in [-0.39, 0.29) is 5.91 Å². The molecule has 5 heteroatoms. The maximum absolute atomic E-state index is 12.1. The van der Waals surface area contributed by atoms with Gasteiger partial charge in [0.05, 0.1) is 0 Å². The molecule has 1 aliphatic rings. The molecular weight excluding hydrogens is 326 g/mol. The smallest absolute Gasteiger partial charge is 0.286 e. The SMILES string of the molecule is CCc1ccc(C(=O)NCCCN2CCN(C)C[C@H]2c2ccccc2)o1. The lowest BCUT2D eigenvalue weighted by atomic mass is 10.0. The third-order valence-electron chi connectivity index (χ3n) is 5.02. The summed E-state index contributed by atoms with van der Waals surface area (Å²) in [7, 11) is 2.18. The summed E-state index contributed by atoms with van der Waals surface area (Å²) in [5.41, 5.74) is 1.37. The van der Waals surface area contributed by atoms with Crippen molar-refractivity contribution in [2.24, 2.45) is 0 Å². The molecule has 2 aromatic rings. The Hall–Kier alpha value is -2.11. The van der Waals surface area contributed by atoms with Gasteiger partial charge in [0.2, 0.25) is 0 Å². The molecule has 0 aliphatic carbocycles. The number of rotatable bonds is 7. The molecule has 0 radical (unpaired) electrons. The number of carbonyl (C=O) groups excluding carboxylic acids is 1. The van der Waals surface area contributed by atoms with Gasteiger partial charge in [-0.25, -0.2) is 0 Å². The van der Waals surface area contributed by atoms with E-state index in [1.54, 1.807) is 6.07 Å². The highest BCUT2D eigenvalue weighted by Crippen LogP contribution is 2.24. The standard InChI is InChI=1S/C21H29N3O2/c1-3-18-10-11-20(26-18)21(25)22-12-7-13-24-15-14-23(2)16-19(24)17-8-5-4-6-9-17/h4-6,8-11,19H,3,7,12-16H2,1-2H3,(H,22,25)/t19-/m0/s1. The fourth-order valence-electron chi connectivity index (χ4n) is 3.48. The van der Waals surface area contributed by atoms with E-state index >= 15 is 0 Å². The lowest BCUT2D eigenvalue weighted by Crippen LogP contribution is -2.47. The van der Waals surface area contributed by atoms with Crippen LogP contribution in [0.1, 0.15) is 41.3 Å².